The molecule has 0 N–H and O–H groups in total. The summed E-state index contributed by atoms with van der Waals surface area (Å²) in [6.07, 6.45) is -0.463. The maximum atomic E-state index is 11.5. The summed E-state index contributed by atoms with van der Waals surface area (Å²) in [7, 11) is -5.79. The molecule has 0 fully saturated rings. The van der Waals surface area contributed by atoms with E-state index in [9.17, 15) is 9.59 Å². The molecule has 0 saturated heterocycles. The molecule has 0 bridgehead atoms. The van der Waals surface area contributed by atoms with Crippen molar-refractivity contribution in [3.8, 4) is 0 Å². The Morgan fingerprint density at radius 3 is 1.24 bits per heavy atom. The van der Waals surface area contributed by atoms with Gasteiger partial charge in [0.25, 0.3) is 0 Å². The van der Waals surface area contributed by atoms with E-state index >= 15 is 0 Å². The highest BCUT2D eigenvalue weighted by atomic mass is 28.4. The van der Waals surface area contributed by atoms with Crippen LogP contribution in [0.4, 0.5) is 0 Å². The van der Waals surface area contributed by atoms with E-state index in [4.69, 9.17) is 22.4 Å². The third-order valence-corrected chi connectivity index (χ3v) is 8.39. The Balaban J connectivity index is -0.000000161. The van der Waals surface area contributed by atoms with Gasteiger partial charge in [-0.05, 0) is 52.4 Å². The molecule has 0 aliphatic rings. The zero-order valence-electron chi connectivity index (χ0n) is 15.5. The van der Waals surface area contributed by atoms with Gasteiger partial charge in [0.05, 0.1) is 0 Å². The molecule has 0 aromatic carbocycles. The van der Waals surface area contributed by atoms with E-state index in [0.717, 1.165) is 0 Å². The molecular weight excluding hydrogens is 424 g/mol. The van der Waals surface area contributed by atoms with Gasteiger partial charge in [-0.3, -0.25) is 9.59 Å². The molecule has 29 heavy (non-hydrogen) atoms. The first-order valence-corrected chi connectivity index (χ1v) is 17.1. The molecule has 184 valence electrons. The van der Waals surface area contributed by atoms with Crippen molar-refractivity contribution < 1.29 is 32.0 Å². The van der Waals surface area contributed by atoms with Crippen LogP contribution in [0.5, 0.6) is 0 Å². The smallest absolute Gasteiger partial charge is 0.324 e. The summed E-state index contributed by atoms with van der Waals surface area (Å²) < 4.78 is 26.5. The fraction of sp³-hybridized carbons (Fsp3) is 0.895. The predicted octanol–water partition coefficient (Wildman–Crippen LogP) is 6.62. The fourth-order valence-electron chi connectivity index (χ4n) is 1.50. The van der Waals surface area contributed by atoms with Crippen LogP contribution < -0.4 is 0 Å². The van der Waals surface area contributed by atoms with Crippen molar-refractivity contribution >= 4 is 37.1 Å². The van der Waals surface area contributed by atoms with Gasteiger partial charge in [0, 0.05) is 0 Å². The first-order valence-electron chi connectivity index (χ1n) is 7.49. The Kier molecular flexibility index (Phi) is 31.2. The molecule has 10 heteroatoms. The van der Waals surface area contributed by atoms with Gasteiger partial charge >= 0.3 is 20.5 Å². The van der Waals surface area contributed by atoms with E-state index in [0.29, 0.717) is 0 Å². The van der Waals surface area contributed by atoms with Crippen molar-refractivity contribution in [1.82, 2.24) is 0 Å². The van der Waals surface area contributed by atoms with Crippen LogP contribution in [0.2, 0.25) is 52.4 Å². The first kappa shape index (κ1) is 46.6. The van der Waals surface area contributed by atoms with Crippen LogP contribution in [0.15, 0.2) is 0 Å². The monoisotopic (exact) mass is 478 g/mol. The van der Waals surface area contributed by atoms with Crippen LogP contribution in [0.1, 0.15) is 51.0 Å². The minimum atomic E-state index is -2.33. The lowest BCUT2D eigenvalue weighted by molar-refractivity contribution is -0.162. The van der Waals surface area contributed by atoms with Crippen LogP contribution in [-0.2, 0) is 32.0 Å². The Labute approximate surface area is 186 Å². The van der Waals surface area contributed by atoms with Gasteiger partial charge in [0.2, 0.25) is 0 Å². The van der Waals surface area contributed by atoms with Crippen molar-refractivity contribution in [3.63, 3.8) is 0 Å². The molecule has 0 aromatic rings. The number of hydrogen-bond acceptors (Lipinski definition) is 7. The third kappa shape index (κ3) is 32.4. The maximum Gasteiger partial charge on any atom is 0.324 e. The van der Waals surface area contributed by atoms with E-state index in [-0.39, 0.29) is 58.1 Å². The minimum absolute atomic E-state index is 0. The number of rotatable bonds is 10. The van der Waals surface area contributed by atoms with Gasteiger partial charge in [0.15, 0.2) is 30.2 Å². The highest BCUT2D eigenvalue weighted by Crippen LogP contribution is 2.15. The second-order valence-electron chi connectivity index (χ2n) is 7.46. The predicted molar refractivity (Wildman–Crippen MR) is 134 cm³/mol. The SMILES string of the molecule is C.C.C.C.C.C.C[Si](C)(C)OCOC(=O)CC(=O)OCO[Si](C)(C)O[Si](C)(C)C. The quantitative estimate of drug-likeness (QED) is 0.151. The molecule has 0 radical (unpaired) electrons. The van der Waals surface area contributed by atoms with E-state index in [1.54, 1.807) is 0 Å². The van der Waals surface area contributed by atoms with Crippen molar-refractivity contribution in [3.05, 3.63) is 0 Å². The molecule has 0 atom stereocenters. The number of carbonyl (C=O) groups excluding carboxylic acids is 2. The summed E-state index contributed by atoms with van der Waals surface area (Å²) in [6.45, 7) is 15.5. The lowest BCUT2D eigenvalue weighted by atomic mass is 10.4. The van der Waals surface area contributed by atoms with Crippen LogP contribution >= 0.6 is 0 Å². The molecule has 0 rings (SSSR count). The van der Waals surface area contributed by atoms with Gasteiger partial charge in [-0.1, -0.05) is 44.6 Å². The van der Waals surface area contributed by atoms with Crippen molar-refractivity contribution in [1.29, 1.82) is 0 Å². The van der Waals surface area contributed by atoms with Crippen LogP contribution in [-0.4, -0.2) is 50.7 Å². The minimum Gasteiger partial charge on any atom is -0.439 e. The number of carbonyl (C=O) groups is 2. The second kappa shape index (κ2) is 19.4. The number of esters is 2. The second-order valence-corrected chi connectivity index (χ2v) is 20.1. The summed E-state index contributed by atoms with van der Waals surface area (Å²) in [5.74, 6) is -1.37. The third-order valence-electron chi connectivity index (χ3n) is 2.18. The molecule has 0 saturated carbocycles. The molecule has 0 amide bonds. The van der Waals surface area contributed by atoms with Crippen molar-refractivity contribution in [2.75, 3.05) is 13.6 Å². The Bertz CT molecular complexity index is 404. The highest BCUT2D eigenvalue weighted by Gasteiger charge is 2.32. The molecule has 7 nitrogen and oxygen atoms in total. The van der Waals surface area contributed by atoms with Crippen LogP contribution in [0.3, 0.4) is 0 Å². The van der Waals surface area contributed by atoms with E-state index < -0.39 is 43.6 Å². The van der Waals surface area contributed by atoms with Gasteiger partial charge in [-0.25, -0.2) is 0 Å². The maximum absolute atomic E-state index is 11.5. The first-order chi connectivity index (χ1) is 10.2. The molecule has 0 aromatic heterocycles. The zero-order chi connectivity index (χ0) is 18.3. The lowest BCUT2D eigenvalue weighted by Gasteiger charge is -2.30. The standard InChI is InChI=1S/C13H30O7Si3.6CH4/c1-21(2,3)18-10-16-12(14)9-13(15)17-11-19-23(7,8)20-22(4,5)6;;;;;;/h9-11H2,1-8H3;6*1H4. The molecule has 0 heterocycles. The summed E-state index contributed by atoms with van der Waals surface area (Å²) in [5, 5.41) is 0. The molecule has 0 unspecified atom stereocenters. The Hall–Kier alpha value is -0.529. The summed E-state index contributed by atoms with van der Waals surface area (Å²) in [4.78, 5) is 23.0. The Morgan fingerprint density at radius 2 is 0.931 bits per heavy atom. The van der Waals surface area contributed by atoms with E-state index in [2.05, 4.69) is 19.6 Å². The van der Waals surface area contributed by atoms with Gasteiger partial charge < -0.3 is 22.4 Å². The summed E-state index contributed by atoms with van der Waals surface area (Å²) in [6, 6.07) is 0. The zero-order valence-corrected chi connectivity index (χ0v) is 18.5. The van der Waals surface area contributed by atoms with Gasteiger partial charge in [0.1, 0.15) is 6.42 Å². The largest absolute Gasteiger partial charge is 0.439 e. The van der Waals surface area contributed by atoms with Crippen molar-refractivity contribution in [2.45, 2.75) is 103 Å². The summed E-state index contributed by atoms with van der Waals surface area (Å²) >= 11 is 0. The Morgan fingerprint density at radius 1 is 0.586 bits per heavy atom. The average Bonchev–Trinajstić information content (AvgIpc) is 2.22. The molecular formula is C19H54O7Si3. The average molecular weight is 479 g/mol. The van der Waals surface area contributed by atoms with Crippen molar-refractivity contribution in [2.24, 2.45) is 0 Å². The molecule has 0 spiro atoms. The van der Waals surface area contributed by atoms with Gasteiger partial charge in [-0.2, -0.15) is 0 Å². The van der Waals surface area contributed by atoms with Crippen LogP contribution in [0.25, 0.3) is 0 Å². The lowest BCUT2D eigenvalue weighted by Crippen LogP contribution is -2.45. The number of hydrogen-bond donors (Lipinski definition) is 0. The van der Waals surface area contributed by atoms with Crippen LogP contribution in [0, 0.1) is 0 Å². The normalized spacial score (nSPS) is 10.2. The molecule has 0 aliphatic heterocycles. The highest BCUT2D eigenvalue weighted by molar-refractivity contribution is 6.81. The van der Waals surface area contributed by atoms with Gasteiger partial charge in [-0.15, -0.1) is 0 Å². The number of ether oxygens (including phenoxy) is 2. The summed E-state index contributed by atoms with van der Waals surface area (Å²) in [5.41, 5.74) is 0. The van der Waals surface area contributed by atoms with E-state index in [1.807, 2.05) is 32.7 Å². The van der Waals surface area contributed by atoms with E-state index in [1.165, 1.54) is 0 Å². The topological polar surface area (TPSA) is 80.3 Å². The fourth-order valence-corrected chi connectivity index (χ4v) is 8.39. The molecule has 0 aliphatic carbocycles.